The van der Waals surface area contributed by atoms with Gasteiger partial charge in [0.25, 0.3) is 0 Å². The highest BCUT2D eigenvalue weighted by Crippen LogP contribution is 2.19. The molecule has 0 saturated heterocycles. The molecule has 2 aromatic rings. The summed E-state index contributed by atoms with van der Waals surface area (Å²) in [6.07, 6.45) is 0.853. The van der Waals surface area contributed by atoms with Crippen LogP contribution in [-0.2, 0) is 4.79 Å². The van der Waals surface area contributed by atoms with Crippen LogP contribution in [0.2, 0.25) is 5.02 Å². The minimum Gasteiger partial charge on any atom is -0.338 e. The maximum atomic E-state index is 11.9. The predicted octanol–water partition coefficient (Wildman–Crippen LogP) is 2.28. The van der Waals surface area contributed by atoms with Gasteiger partial charge in [-0.05, 0) is 47.0 Å². The lowest BCUT2D eigenvalue weighted by Crippen LogP contribution is -2.40. The first-order valence-corrected chi connectivity index (χ1v) is 9.07. The fourth-order valence-electron chi connectivity index (χ4n) is 1.82. The van der Waals surface area contributed by atoms with Crippen molar-refractivity contribution in [3.63, 3.8) is 0 Å². The van der Waals surface area contributed by atoms with Crippen LogP contribution >= 0.6 is 23.4 Å². The van der Waals surface area contributed by atoms with Crippen molar-refractivity contribution in [2.45, 2.75) is 25.4 Å². The van der Waals surface area contributed by atoms with Crippen molar-refractivity contribution in [3.8, 4) is 5.69 Å². The monoisotopic (exact) mass is 382 g/mol. The lowest BCUT2D eigenvalue weighted by Gasteiger charge is -2.08. The minimum absolute atomic E-state index is 0.0194. The molecule has 10 heteroatoms. The number of carbonyl (C=O) groups excluding carboxylic acids is 2. The summed E-state index contributed by atoms with van der Waals surface area (Å²) >= 11 is 6.99. The number of benzene rings is 1. The first-order valence-electron chi connectivity index (χ1n) is 7.70. The minimum atomic E-state index is -0.497. The number of rotatable bonds is 7. The summed E-state index contributed by atoms with van der Waals surface area (Å²) in [6, 6.07) is 6.49. The van der Waals surface area contributed by atoms with E-state index >= 15 is 0 Å². The van der Waals surface area contributed by atoms with Crippen molar-refractivity contribution < 1.29 is 9.59 Å². The quantitative estimate of drug-likeness (QED) is 0.712. The number of aromatic nitrogens is 4. The highest BCUT2D eigenvalue weighted by Gasteiger charge is 2.13. The molecule has 0 aliphatic carbocycles. The Bertz CT molecular complexity index is 719. The molecule has 1 aromatic heterocycles. The standard InChI is InChI=1S/C15H19ClN6O2S/c1-10(2)7-8-17-14(24)18-13(23)9-25-15-19-20-21-22(15)12-5-3-11(16)4-6-12/h3-6,10H,7-9H2,1-2H3,(H2,17,18,23,24). The van der Waals surface area contributed by atoms with Crippen LogP contribution < -0.4 is 10.6 Å². The first-order chi connectivity index (χ1) is 12.0. The fraction of sp³-hybridized carbons (Fsp3) is 0.400. The van der Waals surface area contributed by atoms with E-state index in [-0.39, 0.29) is 5.75 Å². The number of hydrogen-bond donors (Lipinski definition) is 2. The summed E-state index contributed by atoms with van der Waals surface area (Å²) in [5.74, 6) is 0.0851. The number of hydrogen-bond acceptors (Lipinski definition) is 6. The molecular formula is C15H19ClN6O2S. The zero-order valence-electron chi connectivity index (χ0n) is 13.9. The molecule has 134 valence electrons. The van der Waals surface area contributed by atoms with Gasteiger partial charge in [-0.1, -0.05) is 37.2 Å². The second-order valence-corrected chi connectivity index (χ2v) is 7.00. The summed E-state index contributed by atoms with van der Waals surface area (Å²) in [5, 5.41) is 17.4. The third-order valence-electron chi connectivity index (χ3n) is 3.10. The van der Waals surface area contributed by atoms with Crippen LogP contribution in [0.4, 0.5) is 4.79 Å². The normalized spacial score (nSPS) is 10.7. The van der Waals surface area contributed by atoms with Crippen LogP contribution in [-0.4, -0.2) is 44.4 Å². The molecule has 0 saturated carbocycles. The fourth-order valence-corrected chi connectivity index (χ4v) is 2.64. The molecule has 8 nitrogen and oxygen atoms in total. The molecule has 0 spiro atoms. The van der Waals surface area contributed by atoms with Gasteiger partial charge in [-0.25, -0.2) is 4.79 Å². The molecule has 0 atom stereocenters. The molecule has 0 radical (unpaired) electrons. The largest absolute Gasteiger partial charge is 0.338 e. The molecule has 1 heterocycles. The number of thioether (sulfide) groups is 1. The summed E-state index contributed by atoms with van der Waals surface area (Å²) in [4.78, 5) is 23.5. The Morgan fingerprint density at radius 3 is 2.68 bits per heavy atom. The SMILES string of the molecule is CC(C)CCNC(=O)NC(=O)CSc1nnnn1-c1ccc(Cl)cc1. The van der Waals surface area contributed by atoms with Gasteiger partial charge in [-0.15, -0.1) is 5.10 Å². The van der Waals surface area contributed by atoms with Crippen LogP contribution in [0, 0.1) is 5.92 Å². The summed E-state index contributed by atoms with van der Waals surface area (Å²) in [7, 11) is 0. The third-order valence-corrected chi connectivity index (χ3v) is 4.28. The number of halogens is 1. The Labute approximate surface area is 154 Å². The van der Waals surface area contributed by atoms with Gasteiger partial charge in [0.2, 0.25) is 11.1 Å². The van der Waals surface area contributed by atoms with Gasteiger partial charge >= 0.3 is 6.03 Å². The Kier molecular flexibility index (Phi) is 7.20. The topological polar surface area (TPSA) is 102 Å². The third kappa shape index (κ3) is 6.35. The summed E-state index contributed by atoms with van der Waals surface area (Å²) in [6.45, 7) is 4.65. The number of nitrogens with zero attached hydrogens (tertiary/aromatic N) is 4. The smallest absolute Gasteiger partial charge is 0.321 e. The molecule has 2 N–H and O–H groups in total. The van der Waals surface area contributed by atoms with E-state index in [1.165, 1.54) is 4.68 Å². The van der Waals surface area contributed by atoms with Gasteiger partial charge in [-0.3, -0.25) is 10.1 Å². The second kappa shape index (κ2) is 9.38. The summed E-state index contributed by atoms with van der Waals surface area (Å²) < 4.78 is 1.50. The number of tetrazole rings is 1. The van der Waals surface area contributed by atoms with Gasteiger partial charge in [0, 0.05) is 11.6 Å². The van der Waals surface area contributed by atoms with Crippen molar-refractivity contribution in [2.24, 2.45) is 5.92 Å². The zero-order valence-corrected chi connectivity index (χ0v) is 15.5. The number of carbonyl (C=O) groups is 2. The van der Waals surface area contributed by atoms with Crippen molar-refractivity contribution >= 4 is 35.3 Å². The molecule has 1 aromatic carbocycles. The molecule has 0 aliphatic heterocycles. The zero-order chi connectivity index (χ0) is 18.2. The van der Waals surface area contributed by atoms with Crippen molar-refractivity contribution in [1.29, 1.82) is 0 Å². The van der Waals surface area contributed by atoms with Crippen LogP contribution in [0.25, 0.3) is 5.69 Å². The molecule has 3 amide bonds. The van der Waals surface area contributed by atoms with E-state index in [2.05, 4.69) is 40.0 Å². The molecule has 0 unspecified atom stereocenters. The van der Waals surface area contributed by atoms with Gasteiger partial charge in [0.05, 0.1) is 11.4 Å². The van der Waals surface area contributed by atoms with E-state index in [1.54, 1.807) is 24.3 Å². The van der Waals surface area contributed by atoms with Crippen LogP contribution in [0.3, 0.4) is 0 Å². The van der Waals surface area contributed by atoms with E-state index in [1.807, 2.05) is 0 Å². The number of urea groups is 1. The average molecular weight is 383 g/mol. The molecule has 0 fully saturated rings. The van der Waals surface area contributed by atoms with Gasteiger partial charge < -0.3 is 5.32 Å². The average Bonchev–Trinajstić information content (AvgIpc) is 3.01. The highest BCUT2D eigenvalue weighted by atomic mass is 35.5. The maximum Gasteiger partial charge on any atom is 0.321 e. The molecule has 25 heavy (non-hydrogen) atoms. The number of amides is 3. The van der Waals surface area contributed by atoms with E-state index in [9.17, 15) is 9.59 Å². The van der Waals surface area contributed by atoms with Crippen LogP contribution in [0.5, 0.6) is 0 Å². The van der Waals surface area contributed by atoms with E-state index in [4.69, 9.17) is 11.6 Å². The number of nitrogens with one attached hydrogen (secondary N) is 2. The Hall–Kier alpha value is -2.13. The Balaban J connectivity index is 1.83. The number of imide groups is 1. The maximum absolute atomic E-state index is 11.9. The highest BCUT2D eigenvalue weighted by molar-refractivity contribution is 7.99. The van der Waals surface area contributed by atoms with Crippen LogP contribution in [0.15, 0.2) is 29.4 Å². The Morgan fingerprint density at radius 1 is 1.28 bits per heavy atom. The van der Waals surface area contributed by atoms with Crippen molar-refractivity contribution in [1.82, 2.24) is 30.8 Å². The summed E-state index contributed by atoms with van der Waals surface area (Å²) in [5.41, 5.74) is 0.726. The molecule has 2 rings (SSSR count). The second-order valence-electron chi connectivity index (χ2n) is 5.62. The molecule has 0 aliphatic rings. The van der Waals surface area contributed by atoms with Gasteiger partial charge in [-0.2, -0.15) is 4.68 Å². The van der Waals surface area contributed by atoms with Crippen molar-refractivity contribution in [2.75, 3.05) is 12.3 Å². The Morgan fingerprint density at radius 2 is 2.00 bits per heavy atom. The first kappa shape index (κ1) is 19.2. The van der Waals surface area contributed by atoms with E-state index < -0.39 is 11.9 Å². The van der Waals surface area contributed by atoms with Gasteiger partial charge in [0.1, 0.15) is 0 Å². The van der Waals surface area contributed by atoms with Crippen molar-refractivity contribution in [3.05, 3.63) is 29.3 Å². The lowest BCUT2D eigenvalue weighted by atomic mass is 10.1. The lowest BCUT2D eigenvalue weighted by molar-refractivity contribution is -0.117. The van der Waals surface area contributed by atoms with Gasteiger partial charge in [0.15, 0.2) is 0 Å². The van der Waals surface area contributed by atoms with E-state index in [0.717, 1.165) is 23.9 Å². The van der Waals surface area contributed by atoms with E-state index in [0.29, 0.717) is 22.6 Å². The van der Waals surface area contributed by atoms with Crippen LogP contribution in [0.1, 0.15) is 20.3 Å². The predicted molar refractivity (Wildman–Crippen MR) is 95.9 cm³/mol. The molecule has 0 bridgehead atoms. The molecular weight excluding hydrogens is 364 g/mol.